The number of nitrogens with zero attached hydrogens (tertiary/aromatic N) is 1. The van der Waals surface area contributed by atoms with E-state index in [-0.39, 0.29) is 17.1 Å². The summed E-state index contributed by atoms with van der Waals surface area (Å²) in [5.74, 6) is 0.784. The highest BCUT2D eigenvalue weighted by atomic mass is 32.2. The van der Waals surface area contributed by atoms with Gasteiger partial charge in [0.2, 0.25) is 10.0 Å². The van der Waals surface area contributed by atoms with Gasteiger partial charge in [-0.25, -0.2) is 8.42 Å². The van der Waals surface area contributed by atoms with E-state index in [9.17, 15) is 8.42 Å². The second kappa shape index (κ2) is 6.21. The van der Waals surface area contributed by atoms with Gasteiger partial charge in [-0.2, -0.15) is 4.31 Å². The van der Waals surface area contributed by atoms with E-state index in [1.165, 1.54) is 24.6 Å². The summed E-state index contributed by atoms with van der Waals surface area (Å²) < 4.78 is 43.0. The highest BCUT2D eigenvalue weighted by Crippen LogP contribution is 2.31. The third-order valence-corrected chi connectivity index (χ3v) is 5.23. The van der Waals surface area contributed by atoms with Crippen molar-refractivity contribution >= 4 is 10.0 Å². The molecule has 6 nitrogen and oxygen atoms in total. The second-order valence-electron chi connectivity index (χ2n) is 5.10. The summed E-state index contributed by atoms with van der Waals surface area (Å²) in [6, 6.07) is 4.75. The Balaban J connectivity index is 2.43. The van der Waals surface area contributed by atoms with Gasteiger partial charge >= 0.3 is 0 Å². The van der Waals surface area contributed by atoms with Crippen LogP contribution in [0.4, 0.5) is 0 Å². The van der Waals surface area contributed by atoms with E-state index in [0.717, 1.165) is 0 Å². The van der Waals surface area contributed by atoms with E-state index in [2.05, 4.69) is 0 Å². The van der Waals surface area contributed by atoms with E-state index < -0.39 is 10.0 Å². The minimum absolute atomic E-state index is 0.116. The van der Waals surface area contributed by atoms with Gasteiger partial charge in [0.05, 0.1) is 26.4 Å². The molecule has 1 aromatic carbocycles. The quantitative estimate of drug-likeness (QED) is 0.842. The third-order valence-electron chi connectivity index (χ3n) is 3.37. The van der Waals surface area contributed by atoms with Crippen LogP contribution in [0, 0.1) is 0 Å². The van der Waals surface area contributed by atoms with Gasteiger partial charge in [0.15, 0.2) is 0 Å². The van der Waals surface area contributed by atoms with E-state index >= 15 is 0 Å². The molecule has 0 amide bonds. The SMILES string of the molecule is COc1ccc(OC)c(S(=O)(=O)N2C[C@@H](C)O[C@H](C)C2)c1. The average molecular weight is 315 g/mol. The minimum Gasteiger partial charge on any atom is -0.497 e. The average Bonchev–Trinajstić information content (AvgIpc) is 2.45. The van der Waals surface area contributed by atoms with Gasteiger partial charge in [-0.05, 0) is 26.0 Å². The van der Waals surface area contributed by atoms with Crippen LogP contribution in [-0.2, 0) is 14.8 Å². The predicted molar refractivity (Wildman–Crippen MR) is 78.3 cm³/mol. The van der Waals surface area contributed by atoms with Crippen molar-refractivity contribution in [2.24, 2.45) is 0 Å². The topological polar surface area (TPSA) is 65.1 Å². The Morgan fingerprint density at radius 2 is 1.76 bits per heavy atom. The summed E-state index contributed by atoms with van der Waals surface area (Å²) in [5.41, 5.74) is 0. The van der Waals surface area contributed by atoms with Gasteiger partial charge in [0, 0.05) is 19.2 Å². The molecule has 0 N–H and O–H groups in total. The smallest absolute Gasteiger partial charge is 0.247 e. The molecule has 21 heavy (non-hydrogen) atoms. The molecule has 0 spiro atoms. The lowest BCUT2D eigenvalue weighted by Crippen LogP contribution is -2.48. The lowest BCUT2D eigenvalue weighted by atomic mass is 10.3. The Morgan fingerprint density at radius 3 is 2.29 bits per heavy atom. The molecular formula is C14H21NO5S. The molecule has 0 aliphatic carbocycles. The highest BCUT2D eigenvalue weighted by Gasteiger charge is 2.34. The molecule has 1 aliphatic heterocycles. The number of ether oxygens (including phenoxy) is 3. The Hall–Kier alpha value is -1.31. The number of rotatable bonds is 4. The van der Waals surface area contributed by atoms with Crippen LogP contribution in [0.5, 0.6) is 11.5 Å². The number of methoxy groups -OCH3 is 2. The Kier molecular flexibility index (Phi) is 4.75. The van der Waals surface area contributed by atoms with E-state index in [1.54, 1.807) is 12.1 Å². The zero-order chi connectivity index (χ0) is 15.6. The minimum atomic E-state index is -3.65. The fraction of sp³-hybridized carbons (Fsp3) is 0.571. The lowest BCUT2D eigenvalue weighted by Gasteiger charge is -2.34. The first-order chi connectivity index (χ1) is 9.88. The van der Waals surface area contributed by atoms with Crippen LogP contribution in [0.25, 0.3) is 0 Å². The molecule has 1 heterocycles. The molecule has 1 saturated heterocycles. The fourth-order valence-electron chi connectivity index (χ4n) is 2.45. The second-order valence-corrected chi connectivity index (χ2v) is 7.00. The normalized spacial score (nSPS) is 23.8. The van der Waals surface area contributed by atoms with Gasteiger partial charge in [0.1, 0.15) is 16.4 Å². The van der Waals surface area contributed by atoms with Crippen molar-refractivity contribution in [1.29, 1.82) is 0 Å². The van der Waals surface area contributed by atoms with Crippen LogP contribution >= 0.6 is 0 Å². The first kappa shape index (κ1) is 16.1. The van der Waals surface area contributed by atoms with Crippen molar-refractivity contribution in [1.82, 2.24) is 4.31 Å². The first-order valence-electron chi connectivity index (χ1n) is 6.76. The molecule has 0 aromatic heterocycles. The molecule has 118 valence electrons. The molecule has 1 aromatic rings. The van der Waals surface area contributed by atoms with Crippen molar-refractivity contribution in [3.63, 3.8) is 0 Å². The summed E-state index contributed by atoms with van der Waals surface area (Å²) in [4.78, 5) is 0.116. The number of sulfonamides is 1. The van der Waals surface area contributed by atoms with Crippen molar-refractivity contribution < 1.29 is 22.6 Å². The Bertz CT molecular complexity index is 591. The predicted octanol–water partition coefficient (Wildman–Crippen LogP) is 1.50. The van der Waals surface area contributed by atoms with Gasteiger partial charge in [-0.15, -0.1) is 0 Å². The van der Waals surface area contributed by atoms with Crippen LogP contribution in [0.15, 0.2) is 23.1 Å². The monoisotopic (exact) mass is 315 g/mol. The van der Waals surface area contributed by atoms with Crippen LogP contribution in [0.1, 0.15) is 13.8 Å². The number of hydrogen-bond acceptors (Lipinski definition) is 5. The largest absolute Gasteiger partial charge is 0.497 e. The molecule has 7 heteroatoms. The number of benzene rings is 1. The van der Waals surface area contributed by atoms with Crippen LogP contribution in [0.2, 0.25) is 0 Å². The third kappa shape index (κ3) is 3.30. The zero-order valence-corrected chi connectivity index (χ0v) is 13.5. The lowest BCUT2D eigenvalue weighted by molar-refractivity contribution is -0.0441. The molecular weight excluding hydrogens is 294 g/mol. The van der Waals surface area contributed by atoms with Crippen molar-refractivity contribution in [3.05, 3.63) is 18.2 Å². The molecule has 0 unspecified atom stereocenters. The van der Waals surface area contributed by atoms with Crippen molar-refractivity contribution in [2.45, 2.75) is 31.0 Å². The molecule has 0 radical (unpaired) electrons. The number of morpholine rings is 1. The molecule has 0 saturated carbocycles. The van der Waals surface area contributed by atoms with E-state index in [1.807, 2.05) is 13.8 Å². The molecule has 0 bridgehead atoms. The molecule has 1 aliphatic rings. The Morgan fingerprint density at radius 1 is 1.14 bits per heavy atom. The summed E-state index contributed by atoms with van der Waals surface area (Å²) in [6.45, 7) is 4.38. The van der Waals surface area contributed by atoms with E-state index in [4.69, 9.17) is 14.2 Å². The fourth-order valence-corrected chi connectivity index (χ4v) is 4.21. The summed E-state index contributed by atoms with van der Waals surface area (Å²) in [5, 5.41) is 0. The zero-order valence-electron chi connectivity index (χ0n) is 12.7. The van der Waals surface area contributed by atoms with Crippen LogP contribution in [-0.4, -0.2) is 52.2 Å². The van der Waals surface area contributed by atoms with E-state index in [0.29, 0.717) is 24.6 Å². The van der Waals surface area contributed by atoms with Gasteiger partial charge < -0.3 is 14.2 Å². The maximum atomic E-state index is 12.9. The molecule has 1 fully saturated rings. The molecule has 2 atom stereocenters. The maximum absolute atomic E-state index is 12.9. The highest BCUT2D eigenvalue weighted by molar-refractivity contribution is 7.89. The van der Waals surface area contributed by atoms with Gasteiger partial charge in [-0.1, -0.05) is 0 Å². The summed E-state index contributed by atoms with van der Waals surface area (Å²) in [7, 11) is -0.708. The van der Waals surface area contributed by atoms with Crippen LogP contribution < -0.4 is 9.47 Å². The summed E-state index contributed by atoms with van der Waals surface area (Å²) >= 11 is 0. The van der Waals surface area contributed by atoms with Crippen molar-refractivity contribution in [2.75, 3.05) is 27.3 Å². The first-order valence-corrected chi connectivity index (χ1v) is 8.20. The van der Waals surface area contributed by atoms with Crippen LogP contribution in [0.3, 0.4) is 0 Å². The molecule has 2 rings (SSSR count). The maximum Gasteiger partial charge on any atom is 0.247 e. The van der Waals surface area contributed by atoms with Gasteiger partial charge in [-0.3, -0.25) is 0 Å². The standard InChI is InChI=1S/C14H21NO5S/c1-10-8-15(9-11(2)20-10)21(16,17)14-7-12(18-3)5-6-13(14)19-4/h5-7,10-11H,8-9H2,1-4H3/t10-,11-/m1/s1. The van der Waals surface area contributed by atoms with Crippen molar-refractivity contribution in [3.8, 4) is 11.5 Å². The summed E-state index contributed by atoms with van der Waals surface area (Å²) in [6.07, 6.45) is -0.278. The number of hydrogen-bond donors (Lipinski definition) is 0. The Labute approximate surface area is 125 Å². The van der Waals surface area contributed by atoms with Gasteiger partial charge in [0.25, 0.3) is 0 Å².